The van der Waals surface area contributed by atoms with Crippen molar-refractivity contribution >= 4 is 23.5 Å². The van der Waals surface area contributed by atoms with Gasteiger partial charge in [-0.3, -0.25) is 9.59 Å². The van der Waals surface area contributed by atoms with E-state index in [1.165, 1.54) is 12.3 Å². The number of rotatable bonds is 8. The lowest BCUT2D eigenvalue weighted by molar-refractivity contribution is -0.135. The predicted molar refractivity (Wildman–Crippen MR) is 102 cm³/mol. The molecule has 1 aromatic carbocycles. The predicted octanol–water partition coefficient (Wildman–Crippen LogP) is 1.59. The van der Waals surface area contributed by atoms with Crippen LogP contribution in [0, 0.1) is 0 Å². The van der Waals surface area contributed by atoms with Crippen LogP contribution in [0.2, 0.25) is 5.02 Å². The second kappa shape index (κ2) is 9.02. The summed E-state index contributed by atoms with van der Waals surface area (Å²) in [6.07, 6.45) is 2.99. The first-order valence-electron chi connectivity index (χ1n) is 8.40. The molecule has 11 heteroatoms. The van der Waals surface area contributed by atoms with Crippen molar-refractivity contribution in [3.05, 3.63) is 53.4 Å². The molecule has 0 unspecified atom stereocenters. The Labute approximate surface area is 169 Å². The number of benzene rings is 1. The number of carbonyl (C=O) groups is 2. The van der Waals surface area contributed by atoms with E-state index in [0.717, 1.165) is 0 Å². The fourth-order valence-corrected chi connectivity index (χ4v) is 2.46. The Hall–Kier alpha value is -3.66. The van der Waals surface area contributed by atoms with Crippen LogP contribution >= 0.6 is 11.6 Å². The number of halogens is 1. The quantitative estimate of drug-likeness (QED) is 0.502. The van der Waals surface area contributed by atoms with Gasteiger partial charge in [-0.15, -0.1) is 5.10 Å². The molecule has 0 atom stereocenters. The van der Waals surface area contributed by atoms with Crippen LogP contribution in [-0.2, 0) is 11.3 Å². The van der Waals surface area contributed by atoms with Gasteiger partial charge in [-0.1, -0.05) is 16.8 Å². The molecule has 0 aliphatic heterocycles. The monoisotopic (exact) mass is 417 g/mol. The number of carbonyl (C=O) groups excluding carboxylic acids is 1. The summed E-state index contributed by atoms with van der Waals surface area (Å²) in [5.74, 6) is -1.71. The summed E-state index contributed by atoms with van der Waals surface area (Å²) in [5.41, 5.74) is 0.609. The molecule has 3 N–H and O–H groups in total. The summed E-state index contributed by atoms with van der Waals surface area (Å²) < 4.78 is 7.16. The molecule has 3 aromatic rings. The Morgan fingerprint density at radius 2 is 2.00 bits per heavy atom. The number of aromatic hydroxyl groups is 1. The molecule has 2 aromatic heterocycles. The Kier molecular flexibility index (Phi) is 6.25. The van der Waals surface area contributed by atoms with E-state index < -0.39 is 24.2 Å². The first-order valence-corrected chi connectivity index (χ1v) is 8.78. The van der Waals surface area contributed by atoms with Gasteiger partial charge in [-0.05, 0) is 30.3 Å². The van der Waals surface area contributed by atoms with Gasteiger partial charge in [0.2, 0.25) is 0 Å². The fourth-order valence-electron chi connectivity index (χ4n) is 2.34. The minimum absolute atomic E-state index is 0.279. The SMILES string of the molecule is O=C(O)CNC(=O)c1ncc(-c2cn(CCOc3ccc(Cl)cc3)nn2)cc1O. The van der Waals surface area contributed by atoms with Crippen LogP contribution in [0.3, 0.4) is 0 Å². The van der Waals surface area contributed by atoms with E-state index >= 15 is 0 Å². The van der Waals surface area contributed by atoms with Crippen LogP contribution in [-0.4, -0.2) is 55.2 Å². The van der Waals surface area contributed by atoms with E-state index in [1.54, 1.807) is 35.1 Å². The molecule has 0 radical (unpaired) electrons. The standard InChI is InChI=1S/C18H16ClN5O5/c19-12-1-3-13(4-2-12)29-6-5-24-10-14(22-23-24)11-7-15(25)17(20-8-11)18(28)21-9-16(26)27/h1-4,7-8,10,25H,5-6,9H2,(H,21,28)(H,26,27). The maximum Gasteiger partial charge on any atom is 0.322 e. The zero-order chi connectivity index (χ0) is 20.8. The van der Waals surface area contributed by atoms with E-state index in [1.807, 2.05) is 0 Å². The zero-order valence-corrected chi connectivity index (χ0v) is 15.7. The summed E-state index contributed by atoms with van der Waals surface area (Å²) in [7, 11) is 0. The maximum absolute atomic E-state index is 11.8. The topological polar surface area (TPSA) is 139 Å². The zero-order valence-electron chi connectivity index (χ0n) is 14.9. The molecule has 3 rings (SSSR count). The lowest BCUT2D eigenvalue weighted by atomic mass is 10.2. The average molecular weight is 418 g/mol. The first kappa shape index (κ1) is 20.1. The Balaban J connectivity index is 1.60. The highest BCUT2D eigenvalue weighted by molar-refractivity contribution is 6.30. The van der Waals surface area contributed by atoms with E-state index in [4.69, 9.17) is 21.4 Å². The number of nitrogens with one attached hydrogen (secondary N) is 1. The summed E-state index contributed by atoms with van der Waals surface area (Å²) in [6, 6.07) is 8.29. The number of carboxylic acids is 1. The number of nitrogens with zero attached hydrogens (tertiary/aromatic N) is 4. The van der Waals surface area contributed by atoms with Crippen molar-refractivity contribution in [2.24, 2.45) is 0 Å². The number of carboxylic acid groups (broad SMARTS) is 1. The highest BCUT2D eigenvalue weighted by atomic mass is 35.5. The number of aromatic nitrogens is 4. The number of aliphatic carboxylic acids is 1. The largest absolute Gasteiger partial charge is 0.505 e. The number of hydrogen-bond donors (Lipinski definition) is 3. The minimum atomic E-state index is -1.20. The molecule has 1 amide bonds. The van der Waals surface area contributed by atoms with Crippen molar-refractivity contribution < 1.29 is 24.5 Å². The third-order valence-electron chi connectivity index (χ3n) is 3.72. The van der Waals surface area contributed by atoms with Gasteiger partial charge in [-0.25, -0.2) is 9.67 Å². The van der Waals surface area contributed by atoms with Crippen molar-refractivity contribution in [3.63, 3.8) is 0 Å². The highest BCUT2D eigenvalue weighted by Gasteiger charge is 2.16. The molecule has 0 spiro atoms. The molecule has 2 heterocycles. The normalized spacial score (nSPS) is 10.5. The van der Waals surface area contributed by atoms with Gasteiger partial charge >= 0.3 is 5.97 Å². The van der Waals surface area contributed by atoms with Crippen LogP contribution in [0.4, 0.5) is 0 Å². The molecular weight excluding hydrogens is 402 g/mol. The third-order valence-corrected chi connectivity index (χ3v) is 3.97. The third kappa shape index (κ3) is 5.42. The van der Waals surface area contributed by atoms with Crippen molar-refractivity contribution in [2.45, 2.75) is 6.54 Å². The molecule has 29 heavy (non-hydrogen) atoms. The number of amides is 1. The van der Waals surface area contributed by atoms with Gasteiger partial charge in [0, 0.05) is 16.8 Å². The van der Waals surface area contributed by atoms with Gasteiger partial charge < -0.3 is 20.3 Å². The van der Waals surface area contributed by atoms with Gasteiger partial charge in [0.25, 0.3) is 5.91 Å². The molecule has 0 aliphatic carbocycles. The molecule has 0 fully saturated rings. The first-order chi connectivity index (χ1) is 13.9. The van der Waals surface area contributed by atoms with Gasteiger partial charge in [-0.2, -0.15) is 0 Å². The smallest absolute Gasteiger partial charge is 0.322 e. The Bertz CT molecular complexity index is 1020. The van der Waals surface area contributed by atoms with E-state index in [0.29, 0.717) is 35.2 Å². The molecule has 0 saturated heterocycles. The van der Waals surface area contributed by atoms with Gasteiger partial charge in [0.15, 0.2) is 5.69 Å². The van der Waals surface area contributed by atoms with Gasteiger partial charge in [0.1, 0.15) is 30.3 Å². The van der Waals surface area contributed by atoms with Crippen molar-refractivity contribution in [2.75, 3.05) is 13.2 Å². The number of hydrogen-bond acceptors (Lipinski definition) is 7. The lowest BCUT2D eigenvalue weighted by Crippen LogP contribution is -2.29. The highest BCUT2D eigenvalue weighted by Crippen LogP contribution is 2.23. The van der Waals surface area contributed by atoms with E-state index in [2.05, 4.69) is 20.6 Å². The van der Waals surface area contributed by atoms with Crippen LogP contribution in [0.15, 0.2) is 42.7 Å². The van der Waals surface area contributed by atoms with Crippen molar-refractivity contribution in [1.29, 1.82) is 0 Å². The molecular formula is C18H16ClN5O5. The number of ether oxygens (including phenoxy) is 1. The summed E-state index contributed by atoms with van der Waals surface area (Å²) in [6.45, 7) is 0.218. The van der Waals surface area contributed by atoms with E-state index in [9.17, 15) is 14.7 Å². The molecule has 0 aliphatic rings. The minimum Gasteiger partial charge on any atom is -0.505 e. The number of pyridine rings is 1. The fraction of sp³-hybridized carbons (Fsp3) is 0.167. The molecule has 150 valence electrons. The molecule has 10 nitrogen and oxygen atoms in total. The maximum atomic E-state index is 11.8. The van der Waals surface area contributed by atoms with Crippen LogP contribution in [0.25, 0.3) is 11.3 Å². The van der Waals surface area contributed by atoms with E-state index in [-0.39, 0.29) is 5.69 Å². The van der Waals surface area contributed by atoms with Crippen LogP contribution in [0.1, 0.15) is 10.5 Å². The lowest BCUT2D eigenvalue weighted by Gasteiger charge is -2.06. The van der Waals surface area contributed by atoms with Crippen molar-refractivity contribution in [1.82, 2.24) is 25.3 Å². The molecule has 0 saturated carbocycles. The van der Waals surface area contributed by atoms with Crippen molar-refractivity contribution in [3.8, 4) is 22.8 Å². The summed E-state index contributed by atoms with van der Waals surface area (Å²) >= 11 is 5.82. The second-order valence-electron chi connectivity index (χ2n) is 5.84. The summed E-state index contributed by atoms with van der Waals surface area (Å²) in [5, 5.41) is 29.4. The Morgan fingerprint density at radius 1 is 1.24 bits per heavy atom. The van der Waals surface area contributed by atoms with Crippen LogP contribution in [0.5, 0.6) is 11.5 Å². The second-order valence-corrected chi connectivity index (χ2v) is 6.27. The van der Waals surface area contributed by atoms with Crippen LogP contribution < -0.4 is 10.1 Å². The molecule has 0 bridgehead atoms. The Morgan fingerprint density at radius 3 is 2.69 bits per heavy atom. The average Bonchev–Trinajstić information content (AvgIpc) is 3.16. The van der Waals surface area contributed by atoms with Gasteiger partial charge in [0.05, 0.1) is 12.7 Å². The summed E-state index contributed by atoms with van der Waals surface area (Å²) in [4.78, 5) is 26.2.